The smallest absolute Gasteiger partial charge is 0.343 e. The number of hydrogen-bond donors (Lipinski definition) is 2. The van der Waals surface area contributed by atoms with E-state index in [1.54, 1.807) is 42.5 Å². The topological polar surface area (TPSA) is 95.4 Å². The number of aryl methyl sites for hydroxylation is 1. The highest BCUT2D eigenvalue weighted by Crippen LogP contribution is 2.18. The average molecular weight is 429 g/mol. The summed E-state index contributed by atoms with van der Waals surface area (Å²) in [5.41, 5.74) is 15.3. The predicted molar refractivity (Wildman–Crippen MR) is 130 cm³/mol. The van der Waals surface area contributed by atoms with Crippen molar-refractivity contribution in [3.63, 3.8) is 0 Å². The number of allylic oxidation sites excluding steroid dienone is 1. The summed E-state index contributed by atoms with van der Waals surface area (Å²) in [5.74, 6) is -0.366. The zero-order valence-electron chi connectivity index (χ0n) is 18.2. The molecule has 5 heteroatoms. The first-order chi connectivity index (χ1) is 15.4. The van der Waals surface area contributed by atoms with Crippen molar-refractivity contribution in [1.29, 1.82) is 0 Å². The third-order valence-electron chi connectivity index (χ3n) is 5.04. The molecule has 0 amide bonds. The van der Waals surface area contributed by atoms with Crippen molar-refractivity contribution in [2.75, 3.05) is 11.5 Å². The number of ether oxygens (including phenoxy) is 1. The summed E-state index contributed by atoms with van der Waals surface area (Å²) in [6.45, 7) is 2.20. The molecule has 0 saturated heterocycles. The highest BCUT2D eigenvalue weighted by molar-refractivity contribution is 6.06. The largest absolute Gasteiger partial charge is 0.423 e. The number of carbonyl (C=O) groups excluding carboxylic acids is 2. The van der Waals surface area contributed by atoms with E-state index in [0.717, 1.165) is 12.0 Å². The lowest BCUT2D eigenvalue weighted by molar-refractivity contribution is 0.0735. The third-order valence-corrected chi connectivity index (χ3v) is 5.04. The number of carbonyl (C=O) groups is 2. The minimum absolute atomic E-state index is 0.126. The summed E-state index contributed by atoms with van der Waals surface area (Å²) in [6, 6.07) is 19.2. The van der Waals surface area contributed by atoms with E-state index in [2.05, 4.69) is 19.1 Å². The summed E-state index contributed by atoms with van der Waals surface area (Å²) < 4.78 is 5.34. The van der Waals surface area contributed by atoms with Crippen LogP contribution < -0.4 is 16.2 Å². The van der Waals surface area contributed by atoms with Crippen molar-refractivity contribution in [3.8, 4) is 5.75 Å². The molecule has 0 radical (unpaired) electrons. The quantitative estimate of drug-likeness (QED) is 0.114. The summed E-state index contributed by atoms with van der Waals surface area (Å²) in [5, 5.41) is 0. The third kappa shape index (κ3) is 6.57. The minimum Gasteiger partial charge on any atom is -0.423 e. The molecule has 0 bridgehead atoms. The maximum Gasteiger partial charge on any atom is 0.343 e. The summed E-state index contributed by atoms with van der Waals surface area (Å²) in [4.78, 5) is 24.7. The Bertz CT molecular complexity index is 1080. The van der Waals surface area contributed by atoms with Gasteiger partial charge in [0, 0.05) is 16.9 Å². The van der Waals surface area contributed by atoms with Crippen LogP contribution in [0.5, 0.6) is 5.75 Å². The molecule has 3 aromatic rings. The molecule has 32 heavy (non-hydrogen) atoms. The number of nitrogen functional groups attached to an aromatic ring is 2. The first-order valence-corrected chi connectivity index (χ1v) is 10.7. The first-order valence-electron chi connectivity index (χ1n) is 10.7. The molecule has 0 heterocycles. The molecule has 0 fully saturated rings. The van der Waals surface area contributed by atoms with Crippen LogP contribution in [0.4, 0.5) is 11.4 Å². The molecule has 0 atom stereocenters. The van der Waals surface area contributed by atoms with Gasteiger partial charge in [-0.2, -0.15) is 0 Å². The van der Waals surface area contributed by atoms with E-state index in [1.807, 2.05) is 12.1 Å². The van der Waals surface area contributed by atoms with Gasteiger partial charge >= 0.3 is 5.97 Å². The Balaban J connectivity index is 1.58. The fourth-order valence-electron chi connectivity index (χ4n) is 3.29. The highest BCUT2D eigenvalue weighted by atomic mass is 16.5. The van der Waals surface area contributed by atoms with Gasteiger partial charge in [-0.1, -0.05) is 50.1 Å². The number of unbranched alkanes of at least 4 members (excludes halogenated alkanes) is 2. The van der Waals surface area contributed by atoms with E-state index in [-0.39, 0.29) is 11.3 Å². The van der Waals surface area contributed by atoms with Crippen LogP contribution in [0.1, 0.15) is 58.0 Å². The molecule has 0 spiro atoms. The predicted octanol–water partition coefficient (Wildman–Crippen LogP) is 5.70. The lowest BCUT2D eigenvalue weighted by atomic mass is 10.0. The molecule has 0 aliphatic heterocycles. The Morgan fingerprint density at radius 2 is 1.50 bits per heavy atom. The number of hydrogen-bond acceptors (Lipinski definition) is 5. The second-order valence-corrected chi connectivity index (χ2v) is 7.70. The van der Waals surface area contributed by atoms with Gasteiger partial charge in [-0.25, -0.2) is 4.79 Å². The molecule has 5 nitrogen and oxygen atoms in total. The van der Waals surface area contributed by atoms with Crippen molar-refractivity contribution in [2.45, 2.75) is 32.6 Å². The van der Waals surface area contributed by atoms with E-state index < -0.39 is 5.97 Å². The van der Waals surface area contributed by atoms with Crippen LogP contribution >= 0.6 is 0 Å². The van der Waals surface area contributed by atoms with Gasteiger partial charge in [0.25, 0.3) is 0 Å². The van der Waals surface area contributed by atoms with Crippen LogP contribution in [-0.4, -0.2) is 11.8 Å². The number of anilines is 2. The monoisotopic (exact) mass is 428 g/mol. The number of nitrogens with two attached hydrogens (primary N) is 2. The van der Waals surface area contributed by atoms with E-state index in [0.29, 0.717) is 22.7 Å². The van der Waals surface area contributed by atoms with Crippen molar-refractivity contribution in [1.82, 2.24) is 0 Å². The first kappa shape index (κ1) is 22.8. The van der Waals surface area contributed by atoms with Gasteiger partial charge in [-0.15, -0.1) is 0 Å². The summed E-state index contributed by atoms with van der Waals surface area (Å²) in [7, 11) is 0. The van der Waals surface area contributed by atoms with E-state index >= 15 is 0 Å². The zero-order chi connectivity index (χ0) is 22.9. The van der Waals surface area contributed by atoms with E-state index in [9.17, 15) is 9.59 Å². The van der Waals surface area contributed by atoms with Gasteiger partial charge in [0.05, 0.1) is 5.56 Å². The fourth-order valence-corrected chi connectivity index (χ4v) is 3.29. The van der Waals surface area contributed by atoms with E-state index in [1.165, 1.54) is 37.0 Å². The van der Waals surface area contributed by atoms with Crippen molar-refractivity contribution in [2.24, 2.45) is 0 Å². The zero-order valence-corrected chi connectivity index (χ0v) is 18.2. The maximum atomic E-state index is 12.5. The van der Waals surface area contributed by atoms with E-state index in [4.69, 9.17) is 16.2 Å². The second-order valence-electron chi connectivity index (χ2n) is 7.70. The molecule has 4 N–H and O–H groups in total. The number of ketones is 1. The fraction of sp³-hybridized carbons (Fsp3) is 0.185. The van der Waals surface area contributed by atoms with Gasteiger partial charge in [0.15, 0.2) is 5.78 Å². The molecule has 0 aliphatic rings. The molecule has 164 valence electrons. The standard InChI is InChI=1S/C27H28N2O3/c1-2-3-4-5-19-6-8-20(9-7-19)10-15-26(30)21-11-13-25(14-12-21)32-27(31)22-16-23(28)18-24(29)17-22/h6-18H,2-5,28-29H2,1H3/b15-10+. The molecular weight excluding hydrogens is 400 g/mol. The SMILES string of the molecule is CCCCCc1ccc(/C=C/C(=O)c2ccc(OC(=O)c3cc(N)cc(N)c3)cc2)cc1. The van der Waals surface area contributed by atoms with Crippen molar-refractivity contribution >= 4 is 29.2 Å². The van der Waals surface area contributed by atoms with Crippen LogP contribution in [0, 0.1) is 0 Å². The lowest BCUT2D eigenvalue weighted by Gasteiger charge is -2.06. The van der Waals surface area contributed by atoms with Crippen molar-refractivity contribution in [3.05, 3.63) is 95.1 Å². The van der Waals surface area contributed by atoms with Crippen molar-refractivity contribution < 1.29 is 14.3 Å². The van der Waals surface area contributed by atoms with Crippen LogP contribution in [0.25, 0.3) is 6.08 Å². The van der Waals surface area contributed by atoms with Crippen LogP contribution in [0.3, 0.4) is 0 Å². The molecule has 0 saturated carbocycles. The summed E-state index contributed by atoms with van der Waals surface area (Å²) in [6.07, 6.45) is 8.08. The van der Waals surface area contributed by atoms with Gasteiger partial charge in [0.2, 0.25) is 0 Å². The minimum atomic E-state index is -0.568. The Morgan fingerprint density at radius 1 is 0.844 bits per heavy atom. The van der Waals surface area contributed by atoms with Crippen LogP contribution in [0.2, 0.25) is 0 Å². The molecule has 3 rings (SSSR count). The number of rotatable bonds is 9. The lowest BCUT2D eigenvalue weighted by Crippen LogP contribution is -2.09. The van der Waals surface area contributed by atoms with Gasteiger partial charge < -0.3 is 16.2 Å². The number of benzene rings is 3. The van der Waals surface area contributed by atoms with Gasteiger partial charge in [-0.3, -0.25) is 4.79 Å². The second kappa shape index (κ2) is 11.0. The summed E-state index contributed by atoms with van der Waals surface area (Å²) >= 11 is 0. The Labute approximate surface area is 188 Å². The van der Waals surface area contributed by atoms with Crippen LogP contribution in [0.15, 0.2) is 72.8 Å². The molecular formula is C27H28N2O3. The Morgan fingerprint density at radius 3 is 2.12 bits per heavy atom. The Hall–Kier alpha value is -3.86. The number of esters is 1. The highest BCUT2D eigenvalue weighted by Gasteiger charge is 2.11. The normalized spacial score (nSPS) is 10.9. The molecule has 0 aliphatic carbocycles. The molecule has 0 aromatic heterocycles. The van der Waals surface area contributed by atoms with Gasteiger partial charge in [0.1, 0.15) is 5.75 Å². The van der Waals surface area contributed by atoms with Crippen LogP contribution in [-0.2, 0) is 6.42 Å². The average Bonchev–Trinajstić information content (AvgIpc) is 2.78. The molecule has 0 unspecified atom stereocenters. The molecule has 3 aromatic carbocycles. The Kier molecular flexibility index (Phi) is 7.81. The maximum absolute atomic E-state index is 12.5. The van der Waals surface area contributed by atoms with Gasteiger partial charge in [-0.05, 0) is 72.5 Å².